The van der Waals surface area contributed by atoms with E-state index in [1.165, 1.54) is 93.7 Å². The lowest BCUT2D eigenvalue weighted by Crippen LogP contribution is -2.39. The summed E-state index contributed by atoms with van der Waals surface area (Å²) in [4.78, 5) is 16.4. The summed E-state index contributed by atoms with van der Waals surface area (Å²) in [6.45, 7) is 32.3. The van der Waals surface area contributed by atoms with E-state index >= 15 is 0 Å². The second-order valence-corrected chi connectivity index (χ2v) is 32.7. The van der Waals surface area contributed by atoms with Gasteiger partial charge >= 0.3 is 0 Å². The molecule has 19 rings (SSSR count). The monoisotopic (exact) mass is 1480 g/mol. The summed E-state index contributed by atoms with van der Waals surface area (Å²) in [5, 5.41) is 11.7. The van der Waals surface area contributed by atoms with Crippen molar-refractivity contribution in [2.45, 2.75) is 172 Å². The molecule has 3 atom stereocenters. The van der Waals surface area contributed by atoms with Gasteiger partial charge in [-0.05, 0) is 258 Å². The van der Waals surface area contributed by atoms with Gasteiger partial charge in [0.25, 0.3) is 0 Å². The molecule has 13 aromatic rings. The zero-order valence-electron chi connectivity index (χ0n) is 66.5. The number of rotatable bonds is 21. The Balaban J connectivity index is 0.980. The summed E-state index contributed by atoms with van der Waals surface area (Å²) >= 11 is 0. The molecule has 558 valence electrons. The average molecular weight is 1480 g/mol. The lowest BCUT2D eigenvalue weighted by Gasteiger charge is -2.48. The van der Waals surface area contributed by atoms with Gasteiger partial charge in [0.05, 0.1) is 75.1 Å². The number of nitrogens with zero attached hydrogens (tertiary/aromatic N) is 6. The number of benzene rings is 13. The first-order chi connectivity index (χ1) is 56.2. The Morgan fingerprint density at radius 1 is 0.307 bits per heavy atom. The van der Waals surface area contributed by atoms with Crippen molar-refractivity contribution in [3.8, 4) is 39.4 Å². The van der Waals surface area contributed by atoms with Crippen molar-refractivity contribution >= 4 is 62.6 Å². The summed E-state index contributed by atoms with van der Waals surface area (Å²) < 4.78 is 0. The van der Waals surface area contributed by atoms with E-state index in [-0.39, 0.29) is 0 Å². The largest absolute Gasteiger partial charge is 0.310 e. The summed E-state index contributed by atoms with van der Waals surface area (Å²) in [7, 11) is 0. The topological polar surface area (TPSA) is 42.2 Å². The van der Waals surface area contributed by atoms with E-state index in [4.69, 9.17) is 0 Å². The highest BCUT2D eigenvalue weighted by molar-refractivity contribution is 6.13. The third kappa shape index (κ3) is 10.4. The van der Waals surface area contributed by atoms with Gasteiger partial charge in [-0.3, -0.25) is 0 Å². The van der Waals surface area contributed by atoms with Crippen LogP contribution in [0.2, 0.25) is 0 Å². The van der Waals surface area contributed by atoms with Crippen LogP contribution in [0.3, 0.4) is 0 Å². The number of fused-ring (bicyclic) bond motifs is 30. The maximum absolute atomic E-state index is 11.7. The summed E-state index contributed by atoms with van der Waals surface area (Å²) in [6, 6.07) is 106. The van der Waals surface area contributed by atoms with E-state index in [0.717, 1.165) is 171 Å². The maximum atomic E-state index is 11.7. The number of anilines is 9. The van der Waals surface area contributed by atoms with Crippen LogP contribution < -0.4 is 14.7 Å². The number of hydrogen-bond acceptors (Lipinski definition) is 4. The first-order valence-corrected chi connectivity index (χ1v) is 42.3. The van der Waals surface area contributed by atoms with Crippen LogP contribution in [-0.4, -0.2) is 0 Å². The fraction of sp³-hybridized carbons (Fsp3) is 0.250. The molecule has 3 unspecified atom stereocenters. The zero-order valence-corrected chi connectivity index (χ0v) is 66.5. The van der Waals surface area contributed by atoms with Crippen molar-refractivity contribution in [3.63, 3.8) is 0 Å². The number of nitriles is 1. The number of unbranched alkanes of at least 4 members (excludes halogenated alkanes) is 6. The Bertz CT molecular complexity index is 5340. The Labute approximate surface area is 674 Å². The minimum absolute atomic E-state index is 0.464. The SMILES string of the molecule is [C-]#[N+]c1ccc2c(c1)C1(c3ccccc3N(c3ccc(C(CC)CCCCC)cc3)c3ccccc31)c1c-2c2c(c3c1-c1ccc([N+]#[C-])cc1C31c3ccccc3N(c3ccc(C(CC)CCCCC)cc3)c3ccccc31)-c1ccc(C#N)cc1C21c2ccccc2N(c2ccc(C(CC)CCCCC)cc2)c2ccccc21. The summed E-state index contributed by atoms with van der Waals surface area (Å²) in [5.74, 6) is 1.39. The van der Waals surface area contributed by atoms with Gasteiger partial charge in [0.2, 0.25) is 0 Å². The lowest BCUT2D eigenvalue weighted by atomic mass is 9.58. The van der Waals surface area contributed by atoms with Gasteiger partial charge in [-0.1, -0.05) is 287 Å². The predicted molar refractivity (Wildman–Crippen MR) is 472 cm³/mol. The molecule has 3 spiro atoms. The maximum Gasteiger partial charge on any atom is 0.187 e. The van der Waals surface area contributed by atoms with Crippen molar-refractivity contribution in [2.75, 3.05) is 14.7 Å². The number of hydrogen-bond donors (Lipinski definition) is 0. The van der Waals surface area contributed by atoms with Gasteiger partial charge in [0.1, 0.15) is 0 Å². The second kappa shape index (κ2) is 29.0. The predicted octanol–water partition coefficient (Wildman–Crippen LogP) is 30.3. The molecule has 3 aliphatic heterocycles. The Kier molecular flexibility index (Phi) is 18.3. The Morgan fingerprint density at radius 3 is 0.825 bits per heavy atom. The van der Waals surface area contributed by atoms with E-state index in [1.807, 2.05) is 0 Å². The molecule has 114 heavy (non-hydrogen) atoms. The van der Waals surface area contributed by atoms with Crippen molar-refractivity contribution < 1.29 is 0 Å². The van der Waals surface area contributed by atoms with Crippen molar-refractivity contribution in [1.82, 2.24) is 0 Å². The van der Waals surface area contributed by atoms with E-state index in [9.17, 15) is 18.4 Å². The van der Waals surface area contributed by atoms with Gasteiger partial charge in [-0.2, -0.15) is 5.26 Å². The molecule has 0 amide bonds. The van der Waals surface area contributed by atoms with Crippen LogP contribution >= 0.6 is 0 Å². The first-order valence-electron chi connectivity index (χ1n) is 42.3. The minimum atomic E-state index is -1.13. The van der Waals surface area contributed by atoms with Gasteiger partial charge < -0.3 is 14.7 Å². The van der Waals surface area contributed by atoms with Gasteiger partial charge in [0.15, 0.2) is 11.4 Å². The highest BCUT2D eigenvalue weighted by Crippen LogP contribution is 2.78. The van der Waals surface area contributed by atoms with Crippen molar-refractivity contribution in [1.29, 1.82) is 5.26 Å². The average Bonchev–Trinajstić information content (AvgIpc) is 1.44. The van der Waals surface area contributed by atoms with Crippen LogP contribution in [0.5, 0.6) is 0 Å². The van der Waals surface area contributed by atoms with E-state index in [2.05, 4.69) is 345 Å². The second-order valence-electron chi connectivity index (χ2n) is 32.7. The third-order valence-electron chi connectivity index (χ3n) is 27.2. The standard InChI is InChI=1S/C108H96N6/c1-9-15-18-33-71(12-4)74-49-57-79(58-50-74)112-94-42-27-21-36-85(94)106(86-37-22-28-43-95(86)112)91-66-70(69-109)48-63-82(91)100-103(106)101-83-64-55-77(110-7)67-92(83)108(89-40-25-31-46-98(89)114(99-47-32-26-41-90(99)108)81-61-53-76(54-62-81)73(14-6)35-20-17-11-3)105(101)102-84-65-56-78(111-8)68-93(84)107(104(100)102)87-38-23-29-44-96(87)113(97-45-30-24-39-88(97)107)80-59-51-75(52-60-80)72(13-5)34-19-16-10-2/h21-32,36-68,71-73H,9-20,33-35H2,1-6H3. The summed E-state index contributed by atoms with van der Waals surface area (Å²) in [6.07, 6.45) is 17.7. The van der Waals surface area contributed by atoms with Crippen LogP contribution in [0.4, 0.5) is 62.6 Å². The molecule has 0 saturated carbocycles. The van der Waals surface area contributed by atoms with Crippen LogP contribution in [0, 0.1) is 24.5 Å². The molecule has 0 bridgehead atoms. The molecule has 0 radical (unpaired) electrons. The molecule has 13 aromatic carbocycles. The fourth-order valence-electron chi connectivity index (χ4n) is 22.2. The molecule has 0 aromatic heterocycles. The highest BCUT2D eigenvalue weighted by Gasteiger charge is 2.65. The van der Waals surface area contributed by atoms with E-state index in [1.54, 1.807) is 0 Å². The van der Waals surface area contributed by atoms with Crippen LogP contribution in [0.15, 0.2) is 273 Å². The molecule has 3 aliphatic carbocycles. The van der Waals surface area contributed by atoms with Crippen molar-refractivity contribution in [3.05, 3.63) is 385 Å². The molecular formula is C108H96N6. The van der Waals surface area contributed by atoms with Crippen LogP contribution in [0.1, 0.15) is 245 Å². The lowest BCUT2D eigenvalue weighted by molar-refractivity contribution is 0.553. The molecule has 6 nitrogen and oxygen atoms in total. The van der Waals surface area contributed by atoms with Gasteiger partial charge in [0, 0.05) is 17.1 Å². The van der Waals surface area contributed by atoms with Gasteiger partial charge in [-0.25, -0.2) is 9.69 Å². The van der Waals surface area contributed by atoms with Crippen LogP contribution in [0.25, 0.3) is 43.1 Å². The van der Waals surface area contributed by atoms with Gasteiger partial charge in [-0.15, -0.1) is 0 Å². The molecule has 6 heteroatoms. The van der Waals surface area contributed by atoms with E-state index < -0.39 is 16.2 Å². The highest BCUT2D eigenvalue weighted by atomic mass is 15.2. The van der Waals surface area contributed by atoms with Crippen LogP contribution in [-0.2, 0) is 16.2 Å². The fourth-order valence-corrected chi connectivity index (χ4v) is 22.2. The van der Waals surface area contributed by atoms with E-state index in [0.29, 0.717) is 34.7 Å². The zero-order chi connectivity index (χ0) is 77.6. The normalized spacial score (nSPS) is 15.1. The molecule has 6 aliphatic rings. The quantitative estimate of drug-likeness (QED) is 0.0531. The first kappa shape index (κ1) is 72.0. The third-order valence-corrected chi connectivity index (χ3v) is 27.2. The molecule has 3 heterocycles. The Hall–Kier alpha value is -12.3. The molecule has 0 N–H and O–H groups in total. The minimum Gasteiger partial charge on any atom is -0.310 e. The molecular weight excluding hydrogens is 1380 g/mol. The smallest absolute Gasteiger partial charge is 0.187 e. The number of para-hydroxylation sites is 6. The van der Waals surface area contributed by atoms with Crippen molar-refractivity contribution in [2.24, 2.45) is 0 Å². The Morgan fingerprint density at radius 2 is 0.570 bits per heavy atom. The molecule has 0 saturated heterocycles. The summed E-state index contributed by atoms with van der Waals surface area (Å²) in [5.41, 5.74) is 31.9. The molecule has 0 fully saturated rings.